The zero-order valence-electron chi connectivity index (χ0n) is 7.64. The van der Waals surface area contributed by atoms with E-state index in [4.69, 9.17) is 4.74 Å². The largest absolute Gasteiger partial charge is 0.431 e. The Balaban J connectivity index is 2.30. The van der Waals surface area contributed by atoms with E-state index in [0.717, 1.165) is 4.90 Å². The van der Waals surface area contributed by atoms with E-state index in [1.807, 2.05) is 6.07 Å². The third-order valence-electron chi connectivity index (χ3n) is 2.15. The predicted molar refractivity (Wildman–Crippen MR) is 48.4 cm³/mol. The van der Waals surface area contributed by atoms with Gasteiger partial charge in [0.15, 0.2) is 0 Å². The molecule has 72 valence electrons. The molecule has 2 amide bonds. The molecular formula is C10H9NO3. The van der Waals surface area contributed by atoms with Crippen molar-refractivity contribution in [2.75, 3.05) is 7.05 Å². The summed E-state index contributed by atoms with van der Waals surface area (Å²) >= 11 is 0. The molecule has 1 aliphatic heterocycles. The topological polar surface area (TPSA) is 46.6 Å². The molecule has 1 aromatic rings. The molecule has 1 atom stereocenters. The van der Waals surface area contributed by atoms with Gasteiger partial charge in [0.1, 0.15) is 0 Å². The second kappa shape index (κ2) is 3.14. The highest BCUT2D eigenvalue weighted by Crippen LogP contribution is 2.25. The van der Waals surface area contributed by atoms with E-state index in [-0.39, 0.29) is 5.91 Å². The molecule has 0 N–H and O–H groups in total. The van der Waals surface area contributed by atoms with Gasteiger partial charge in [-0.15, -0.1) is 0 Å². The van der Waals surface area contributed by atoms with Crippen LogP contribution in [-0.2, 0) is 9.53 Å². The summed E-state index contributed by atoms with van der Waals surface area (Å²) in [5.41, 5.74) is 0.704. The maximum Gasteiger partial charge on any atom is 0.417 e. The summed E-state index contributed by atoms with van der Waals surface area (Å²) in [5.74, 6) is -0.318. The third kappa shape index (κ3) is 1.25. The third-order valence-corrected chi connectivity index (χ3v) is 2.15. The number of cyclic esters (lactones) is 1. The first-order chi connectivity index (χ1) is 6.70. The molecule has 2 rings (SSSR count). The van der Waals surface area contributed by atoms with Crippen LogP contribution in [0.1, 0.15) is 11.7 Å². The smallest absolute Gasteiger partial charge is 0.417 e. The highest BCUT2D eigenvalue weighted by Gasteiger charge is 2.38. The van der Waals surface area contributed by atoms with Crippen molar-refractivity contribution in [3.05, 3.63) is 35.9 Å². The highest BCUT2D eigenvalue weighted by atomic mass is 16.6. The van der Waals surface area contributed by atoms with Crippen LogP contribution in [0.25, 0.3) is 0 Å². The Morgan fingerprint density at radius 3 is 2.36 bits per heavy atom. The number of ether oxygens (including phenoxy) is 1. The van der Waals surface area contributed by atoms with Crippen LogP contribution in [0.5, 0.6) is 0 Å². The minimum Gasteiger partial charge on any atom is -0.431 e. The number of carbonyl (C=O) groups excluding carboxylic acids is 2. The average Bonchev–Trinajstić information content (AvgIpc) is 2.47. The number of likely N-dealkylation sites (N-methyl/N-ethyl adjacent to an activating group) is 1. The van der Waals surface area contributed by atoms with Crippen molar-refractivity contribution in [2.24, 2.45) is 0 Å². The summed E-state index contributed by atoms with van der Waals surface area (Å²) < 4.78 is 4.91. The number of rotatable bonds is 1. The van der Waals surface area contributed by atoms with E-state index in [2.05, 4.69) is 0 Å². The molecule has 0 aromatic heterocycles. The molecule has 4 heteroatoms. The zero-order chi connectivity index (χ0) is 10.1. The number of benzene rings is 1. The van der Waals surface area contributed by atoms with Gasteiger partial charge in [-0.3, -0.25) is 4.79 Å². The van der Waals surface area contributed by atoms with E-state index in [9.17, 15) is 9.59 Å². The van der Waals surface area contributed by atoms with Crippen molar-refractivity contribution < 1.29 is 14.3 Å². The first-order valence-corrected chi connectivity index (χ1v) is 4.23. The van der Waals surface area contributed by atoms with Crippen molar-refractivity contribution in [1.82, 2.24) is 4.90 Å². The lowest BCUT2D eigenvalue weighted by atomic mass is 10.1. The first-order valence-electron chi connectivity index (χ1n) is 4.23. The van der Waals surface area contributed by atoms with Crippen LogP contribution >= 0.6 is 0 Å². The Labute approximate surface area is 81.1 Å². The molecular weight excluding hydrogens is 182 g/mol. The summed E-state index contributed by atoms with van der Waals surface area (Å²) in [5, 5.41) is 0. The number of hydrogen-bond acceptors (Lipinski definition) is 3. The summed E-state index contributed by atoms with van der Waals surface area (Å²) in [4.78, 5) is 23.5. The van der Waals surface area contributed by atoms with Gasteiger partial charge in [0.05, 0.1) is 0 Å². The van der Waals surface area contributed by atoms with Gasteiger partial charge in [-0.2, -0.15) is 0 Å². The van der Waals surface area contributed by atoms with Gasteiger partial charge in [0.25, 0.3) is 5.91 Å². The van der Waals surface area contributed by atoms with Crippen LogP contribution in [0, 0.1) is 0 Å². The second-order valence-electron chi connectivity index (χ2n) is 3.07. The molecule has 4 nitrogen and oxygen atoms in total. The van der Waals surface area contributed by atoms with Crippen molar-refractivity contribution in [1.29, 1.82) is 0 Å². The number of carbonyl (C=O) groups is 2. The molecule has 14 heavy (non-hydrogen) atoms. The fourth-order valence-electron chi connectivity index (χ4n) is 1.33. The molecule has 1 heterocycles. The van der Waals surface area contributed by atoms with E-state index >= 15 is 0 Å². The Morgan fingerprint density at radius 2 is 1.86 bits per heavy atom. The number of imide groups is 1. The maximum absolute atomic E-state index is 11.5. The Hall–Kier alpha value is -1.84. The molecule has 1 saturated heterocycles. The molecule has 0 radical (unpaired) electrons. The number of hydrogen-bond donors (Lipinski definition) is 0. The zero-order valence-corrected chi connectivity index (χ0v) is 7.64. The maximum atomic E-state index is 11.5. The average molecular weight is 191 g/mol. The lowest BCUT2D eigenvalue weighted by molar-refractivity contribution is -0.129. The number of amides is 2. The van der Waals surface area contributed by atoms with Crippen LogP contribution in [0.4, 0.5) is 4.79 Å². The van der Waals surface area contributed by atoms with Crippen LogP contribution in [0.15, 0.2) is 30.3 Å². The summed E-state index contributed by atoms with van der Waals surface area (Å²) in [6, 6.07) is 8.96. The van der Waals surface area contributed by atoms with Gasteiger partial charge in [-0.1, -0.05) is 30.3 Å². The molecule has 1 aromatic carbocycles. The standard InChI is InChI=1S/C10H9NO3/c1-11-9(12)8(14-10(11)13)7-5-3-2-4-6-7/h2-6,8H,1H3. The van der Waals surface area contributed by atoms with E-state index < -0.39 is 12.2 Å². The Kier molecular flexibility index (Phi) is 1.96. The Bertz CT molecular complexity index is 374. The number of nitrogens with zero attached hydrogens (tertiary/aromatic N) is 1. The molecule has 0 spiro atoms. The van der Waals surface area contributed by atoms with Crippen molar-refractivity contribution in [2.45, 2.75) is 6.10 Å². The van der Waals surface area contributed by atoms with E-state index in [1.54, 1.807) is 24.3 Å². The summed E-state index contributed by atoms with van der Waals surface area (Å²) in [7, 11) is 1.41. The molecule has 1 aliphatic rings. The van der Waals surface area contributed by atoms with Crippen LogP contribution in [0.2, 0.25) is 0 Å². The van der Waals surface area contributed by atoms with Gasteiger partial charge < -0.3 is 4.74 Å². The van der Waals surface area contributed by atoms with Gasteiger partial charge in [-0.25, -0.2) is 9.69 Å². The molecule has 0 aliphatic carbocycles. The molecule has 1 fully saturated rings. The SMILES string of the molecule is CN1C(=O)OC(c2ccccc2)C1=O. The predicted octanol–water partition coefficient (Wildman–Crippen LogP) is 1.34. The van der Waals surface area contributed by atoms with Gasteiger partial charge in [-0.05, 0) is 0 Å². The minimum absolute atomic E-state index is 0.318. The first kappa shape index (κ1) is 8.74. The van der Waals surface area contributed by atoms with Gasteiger partial charge >= 0.3 is 6.09 Å². The Morgan fingerprint density at radius 1 is 1.21 bits per heavy atom. The van der Waals surface area contributed by atoms with Crippen LogP contribution in [-0.4, -0.2) is 23.9 Å². The molecule has 1 unspecified atom stereocenters. The second-order valence-corrected chi connectivity index (χ2v) is 3.07. The van der Waals surface area contributed by atoms with Crippen LogP contribution < -0.4 is 0 Å². The molecule has 0 bridgehead atoms. The normalized spacial score (nSPS) is 21.2. The summed E-state index contributed by atoms with van der Waals surface area (Å²) in [6.07, 6.45) is -1.36. The lowest BCUT2D eigenvalue weighted by Gasteiger charge is -2.05. The lowest BCUT2D eigenvalue weighted by Crippen LogP contribution is -2.24. The fourth-order valence-corrected chi connectivity index (χ4v) is 1.33. The minimum atomic E-state index is -0.770. The van der Waals surface area contributed by atoms with Gasteiger partial charge in [0, 0.05) is 12.6 Å². The van der Waals surface area contributed by atoms with E-state index in [0.29, 0.717) is 5.56 Å². The van der Waals surface area contributed by atoms with Crippen molar-refractivity contribution >= 4 is 12.0 Å². The molecule has 0 saturated carbocycles. The monoisotopic (exact) mass is 191 g/mol. The highest BCUT2D eigenvalue weighted by molar-refractivity contribution is 6.00. The van der Waals surface area contributed by atoms with Crippen molar-refractivity contribution in [3.63, 3.8) is 0 Å². The van der Waals surface area contributed by atoms with E-state index in [1.165, 1.54) is 7.05 Å². The van der Waals surface area contributed by atoms with Gasteiger partial charge in [0.2, 0.25) is 6.10 Å². The fraction of sp³-hybridized carbons (Fsp3) is 0.200. The van der Waals surface area contributed by atoms with Crippen LogP contribution in [0.3, 0.4) is 0 Å². The van der Waals surface area contributed by atoms with Crippen molar-refractivity contribution in [3.8, 4) is 0 Å². The summed E-state index contributed by atoms with van der Waals surface area (Å²) in [6.45, 7) is 0. The quantitative estimate of drug-likeness (QED) is 0.672.